The van der Waals surface area contributed by atoms with Crippen LogP contribution in [0.15, 0.2) is 108 Å². The molecule has 4 aromatic rings. The van der Waals surface area contributed by atoms with Crippen LogP contribution in [0.3, 0.4) is 0 Å². The van der Waals surface area contributed by atoms with Crippen molar-refractivity contribution >= 4 is 45.7 Å². The second-order valence-electron chi connectivity index (χ2n) is 12.7. The number of aliphatic hydroxyl groups is 2. The lowest BCUT2D eigenvalue weighted by molar-refractivity contribution is -0.123. The van der Waals surface area contributed by atoms with Crippen LogP contribution in [-0.4, -0.2) is 39.8 Å². The number of nitrogens with zero attached hydrogens (tertiary/aromatic N) is 1. The van der Waals surface area contributed by atoms with Crippen molar-refractivity contribution in [1.82, 2.24) is 0 Å². The topological polar surface area (TPSA) is 110 Å². The van der Waals surface area contributed by atoms with Crippen molar-refractivity contribution in [2.24, 2.45) is 17.8 Å². The Bertz CT molecular complexity index is 1830. The summed E-state index contributed by atoms with van der Waals surface area (Å²) in [6, 6.07) is 28.3. The largest absolute Gasteiger partial charge is 0.507 e. The number of hydrogen-bond acceptors (Lipinski definition) is 6. The van der Waals surface area contributed by atoms with Crippen LogP contribution in [0.5, 0.6) is 5.75 Å². The average Bonchev–Trinajstić information content (AvgIpc) is 3.34. The van der Waals surface area contributed by atoms with Crippen LogP contribution in [0.2, 0.25) is 0 Å². The molecule has 1 fully saturated rings. The number of carbonyl (C=O) groups is 2. The number of hydrogen-bond donors (Lipinski definition) is 4. The molecule has 1 aliphatic carbocycles. The maximum atomic E-state index is 14.0. The number of benzene rings is 4. The van der Waals surface area contributed by atoms with E-state index in [1.54, 1.807) is 18.2 Å². The number of rotatable bonds is 11. The Labute approximate surface area is 275 Å². The van der Waals surface area contributed by atoms with E-state index in [0.717, 1.165) is 50.9 Å². The molecule has 1 aliphatic heterocycles. The van der Waals surface area contributed by atoms with Crippen molar-refractivity contribution in [3.63, 3.8) is 0 Å². The second kappa shape index (κ2) is 14.0. The first-order valence-electron chi connectivity index (χ1n) is 16.5. The summed E-state index contributed by atoms with van der Waals surface area (Å²) in [6.07, 6.45) is 4.19. The molecule has 7 nitrogen and oxygen atoms in total. The van der Waals surface area contributed by atoms with Crippen LogP contribution in [0.1, 0.15) is 51.5 Å². The third-order valence-electron chi connectivity index (χ3n) is 9.63. The summed E-state index contributed by atoms with van der Waals surface area (Å²) < 4.78 is 0. The zero-order valence-electron chi connectivity index (χ0n) is 26.9. The van der Waals surface area contributed by atoms with Gasteiger partial charge >= 0.3 is 0 Å². The Hall–Kier alpha value is -4.72. The number of para-hydroxylation sites is 1. The van der Waals surface area contributed by atoms with Gasteiger partial charge in [-0.15, -0.1) is 0 Å². The molecule has 0 saturated carbocycles. The van der Waals surface area contributed by atoms with Crippen molar-refractivity contribution in [3.05, 3.63) is 113 Å². The standard InChI is InChI=1S/C40H42N2O5/c1-3-9-27-23-33-38(40(47)42(39(33)46)30-18-16-29(17-19-30)41-28-10-5-4-6-11-28)34(24-43)37(27)36(45)20-14-25(2)22-26-15-21-35(44)32-13-8-7-12-31(26)32/h4-8,10-13,15-19,21-22,33-34,36,38,41,43-45H,3,9,14,20,23-24H2,1-2H3/b25-22+/t33-,34+,36-,38-/m1/s1. The van der Waals surface area contributed by atoms with Crippen molar-refractivity contribution in [1.29, 1.82) is 0 Å². The van der Waals surface area contributed by atoms with E-state index in [1.807, 2.05) is 79.7 Å². The number of fused-ring (bicyclic) bond motifs is 2. The zero-order valence-corrected chi connectivity index (χ0v) is 26.9. The molecule has 4 aromatic carbocycles. The third-order valence-corrected chi connectivity index (χ3v) is 9.63. The van der Waals surface area contributed by atoms with Gasteiger partial charge in [-0.05, 0) is 91.6 Å². The first-order valence-corrected chi connectivity index (χ1v) is 16.5. The highest BCUT2D eigenvalue weighted by Gasteiger charge is 2.55. The number of carbonyl (C=O) groups excluding carboxylic acids is 2. The molecule has 0 bridgehead atoms. The Morgan fingerprint density at radius 2 is 1.60 bits per heavy atom. The predicted octanol–water partition coefficient (Wildman–Crippen LogP) is 7.75. The van der Waals surface area contributed by atoms with Crippen LogP contribution in [0, 0.1) is 17.8 Å². The monoisotopic (exact) mass is 630 g/mol. The summed E-state index contributed by atoms with van der Waals surface area (Å²) in [5.41, 5.74) is 6.04. The minimum atomic E-state index is -0.852. The first kappa shape index (κ1) is 32.2. The summed E-state index contributed by atoms with van der Waals surface area (Å²) >= 11 is 0. The van der Waals surface area contributed by atoms with Gasteiger partial charge in [-0.2, -0.15) is 0 Å². The van der Waals surface area contributed by atoms with Gasteiger partial charge in [0.05, 0.1) is 30.2 Å². The molecule has 242 valence electrons. The molecule has 1 heterocycles. The fourth-order valence-corrected chi connectivity index (χ4v) is 7.42. The van der Waals surface area contributed by atoms with Gasteiger partial charge in [0.25, 0.3) is 0 Å². The normalized spacial score (nSPS) is 20.6. The maximum absolute atomic E-state index is 14.0. The molecule has 4 atom stereocenters. The summed E-state index contributed by atoms with van der Waals surface area (Å²) in [6.45, 7) is 3.76. The van der Waals surface area contributed by atoms with E-state index in [-0.39, 0.29) is 24.2 Å². The molecule has 4 N–H and O–H groups in total. The van der Waals surface area contributed by atoms with Crippen LogP contribution >= 0.6 is 0 Å². The average molecular weight is 631 g/mol. The Morgan fingerprint density at radius 3 is 2.30 bits per heavy atom. The Balaban J connectivity index is 1.21. The van der Waals surface area contributed by atoms with Gasteiger partial charge in [-0.1, -0.05) is 79.1 Å². The van der Waals surface area contributed by atoms with Crippen molar-refractivity contribution < 1.29 is 24.9 Å². The van der Waals surface area contributed by atoms with E-state index in [9.17, 15) is 24.9 Å². The lowest BCUT2D eigenvalue weighted by Gasteiger charge is -2.36. The lowest BCUT2D eigenvalue weighted by Crippen LogP contribution is -2.39. The Kier molecular flexibility index (Phi) is 9.57. The van der Waals surface area contributed by atoms with E-state index in [4.69, 9.17) is 0 Å². The van der Waals surface area contributed by atoms with Gasteiger partial charge in [0, 0.05) is 22.7 Å². The van der Waals surface area contributed by atoms with E-state index in [0.29, 0.717) is 31.4 Å². The van der Waals surface area contributed by atoms with E-state index < -0.39 is 23.9 Å². The van der Waals surface area contributed by atoms with Crippen LogP contribution in [0.4, 0.5) is 17.1 Å². The molecule has 0 aromatic heterocycles. The minimum absolute atomic E-state index is 0.238. The lowest BCUT2D eigenvalue weighted by atomic mass is 9.67. The molecule has 0 unspecified atom stereocenters. The molecule has 2 amide bonds. The van der Waals surface area contributed by atoms with Crippen LogP contribution in [0.25, 0.3) is 16.8 Å². The maximum Gasteiger partial charge on any atom is 0.238 e. The molecule has 0 radical (unpaired) electrons. The molecule has 1 saturated heterocycles. The van der Waals surface area contributed by atoms with Crippen molar-refractivity contribution in [2.45, 2.75) is 52.1 Å². The summed E-state index contributed by atoms with van der Waals surface area (Å²) in [5, 5.41) is 37.7. The highest BCUT2D eigenvalue weighted by molar-refractivity contribution is 6.22. The van der Waals surface area contributed by atoms with E-state index >= 15 is 0 Å². The number of nitrogens with one attached hydrogen (secondary N) is 1. The van der Waals surface area contributed by atoms with Gasteiger partial charge in [0.2, 0.25) is 11.8 Å². The highest BCUT2D eigenvalue weighted by atomic mass is 16.3. The van der Waals surface area contributed by atoms with Crippen LogP contribution < -0.4 is 10.2 Å². The molecule has 0 spiro atoms. The number of anilines is 3. The van der Waals surface area contributed by atoms with Crippen molar-refractivity contribution in [3.8, 4) is 5.75 Å². The SMILES string of the molecule is CCCC1=C([C@H](O)CC/C(C)=C/c2ccc(O)c3ccccc23)[C@H](CO)[C@@H]2C(=O)N(c3ccc(Nc4ccccc4)cc3)C(=O)[C@@H]2C1. The number of phenols is 1. The number of amides is 2. The van der Waals surface area contributed by atoms with Gasteiger partial charge in [-0.25, -0.2) is 0 Å². The fraction of sp³-hybridized carbons (Fsp3) is 0.300. The predicted molar refractivity (Wildman–Crippen MR) is 187 cm³/mol. The number of aromatic hydroxyl groups is 1. The smallest absolute Gasteiger partial charge is 0.238 e. The summed E-state index contributed by atoms with van der Waals surface area (Å²) in [5.74, 6) is -2.25. The molecule has 47 heavy (non-hydrogen) atoms. The minimum Gasteiger partial charge on any atom is -0.507 e. The zero-order chi connectivity index (χ0) is 33.1. The number of imide groups is 1. The van der Waals surface area contributed by atoms with Gasteiger partial charge in [0.15, 0.2) is 0 Å². The molecular weight excluding hydrogens is 588 g/mol. The van der Waals surface area contributed by atoms with Crippen LogP contribution in [-0.2, 0) is 9.59 Å². The molecule has 6 rings (SSSR count). The highest BCUT2D eigenvalue weighted by Crippen LogP contribution is 2.48. The summed E-state index contributed by atoms with van der Waals surface area (Å²) in [7, 11) is 0. The van der Waals surface area contributed by atoms with Gasteiger partial charge in [0.1, 0.15) is 5.75 Å². The fourth-order valence-electron chi connectivity index (χ4n) is 7.42. The molecule has 2 aliphatic rings. The number of phenolic OH excluding ortho intramolecular Hbond substituents is 1. The van der Waals surface area contributed by atoms with Gasteiger partial charge < -0.3 is 20.6 Å². The van der Waals surface area contributed by atoms with Gasteiger partial charge in [-0.3, -0.25) is 14.5 Å². The summed E-state index contributed by atoms with van der Waals surface area (Å²) in [4.78, 5) is 29.1. The first-order chi connectivity index (χ1) is 22.8. The number of allylic oxidation sites excluding steroid dienone is 2. The van der Waals surface area contributed by atoms with E-state index in [2.05, 4.69) is 18.3 Å². The molecule has 7 heteroatoms. The number of aliphatic hydroxyl groups excluding tert-OH is 2. The Morgan fingerprint density at radius 1 is 0.915 bits per heavy atom. The molecular formula is C40H42N2O5. The van der Waals surface area contributed by atoms with E-state index in [1.165, 1.54) is 4.90 Å². The third kappa shape index (κ3) is 6.46. The van der Waals surface area contributed by atoms with Crippen molar-refractivity contribution in [2.75, 3.05) is 16.8 Å². The second-order valence-corrected chi connectivity index (χ2v) is 12.7. The quantitative estimate of drug-likeness (QED) is 0.0997.